The number of carbonyl (C=O) groups excluding carboxylic acids is 2. The predicted octanol–water partition coefficient (Wildman–Crippen LogP) is 11.3. The molecule has 3 aromatic heterocycles. The maximum atomic E-state index is 14.0. The van der Waals surface area contributed by atoms with Gasteiger partial charge in [-0.2, -0.15) is 0 Å². The van der Waals surface area contributed by atoms with Gasteiger partial charge in [0.25, 0.3) is 11.8 Å². The lowest BCUT2D eigenvalue weighted by Gasteiger charge is -2.33. The molecule has 0 aliphatic carbocycles. The number of hydrogen-bond donors (Lipinski definition) is 0. The topological polar surface area (TPSA) is 37.4 Å². The van der Waals surface area contributed by atoms with Gasteiger partial charge in [-0.15, -0.1) is 34.0 Å². The van der Waals surface area contributed by atoms with E-state index in [0.717, 1.165) is 22.6 Å². The summed E-state index contributed by atoms with van der Waals surface area (Å²) < 4.78 is 0. The summed E-state index contributed by atoms with van der Waals surface area (Å²) in [6.45, 7) is 11.8. The number of amides is 2. The number of rotatable bonds is 19. The zero-order valence-corrected chi connectivity index (χ0v) is 33.9. The molecule has 262 valence electrons. The van der Waals surface area contributed by atoms with Crippen molar-refractivity contribution < 1.29 is 9.59 Å². The molecule has 0 radical (unpaired) electrons. The van der Waals surface area contributed by atoms with E-state index in [-0.39, 0.29) is 11.8 Å². The van der Waals surface area contributed by atoms with Crippen LogP contribution in [0.4, 0.5) is 0 Å². The number of benzene rings is 1. The zero-order valence-electron chi connectivity index (χ0n) is 30.4. The fourth-order valence-corrected chi connectivity index (χ4v) is 19.1. The molecule has 6 rings (SSSR count). The molecule has 2 aliphatic heterocycles. The maximum absolute atomic E-state index is 14.0. The van der Waals surface area contributed by atoms with Gasteiger partial charge >= 0.3 is 0 Å². The highest BCUT2D eigenvalue weighted by atomic mass is 32.1. The van der Waals surface area contributed by atoms with Crippen molar-refractivity contribution in [3.8, 4) is 19.5 Å². The van der Waals surface area contributed by atoms with Crippen LogP contribution in [-0.2, 0) is 0 Å². The van der Waals surface area contributed by atoms with Gasteiger partial charge in [0.2, 0.25) is 0 Å². The van der Waals surface area contributed by atoms with E-state index in [4.69, 9.17) is 0 Å². The summed E-state index contributed by atoms with van der Waals surface area (Å²) in [6, 6.07) is 17.6. The minimum Gasteiger partial charge on any atom is -0.274 e. The summed E-state index contributed by atoms with van der Waals surface area (Å²) in [5, 5.41) is 4.65. The number of unbranched alkanes of at least 4 members (excludes halogenated alkanes) is 10. The van der Waals surface area contributed by atoms with Gasteiger partial charge in [-0.25, -0.2) is 0 Å². The summed E-state index contributed by atoms with van der Waals surface area (Å²) >= 11 is 5.48. The number of thiophene rings is 3. The van der Waals surface area contributed by atoms with Crippen LogP contribution in [0, 0.1) is 19.8 Å². The van der Waals surface area contributed by atoms with Gasteiger partial charge in [-0.1, -0.05) is 135 Å². The van der Waals surface area contributed by atoms with Gasteiger partial charge < -0.3 is 0 Å². The summed E-state index contributed by atoms with van der Waals surface area (Å²) in [6.07, 6.45) is 17.4. The first-order chi connectivity index (χ1) is 23.8. The van der Waals surface area contributed by atoms with Crippen LogP contribution in [0.5, 0.6) is 0 Å². The maximum Gasteiger partial charge on any atom is 0.263 e. The molecule has 0 saturated carbocycles. The molecule has 7 heteroatoms. The van der Waals surface area contributed by atoms with Crippen LogP contribution in [0.3, 0.4) is 0 Å². The first-order valence-electron chi connectivity index (χ1n) is 19.2. The Morgan fingerprint density at radius 3 is 1.96 bits per heavy atom. The van der Waals surface area contributed by atoms with Crippen LogP contribution < -0.4 is 15.6 Å². The average Bonchev–Trinajstić information content (AvgIpc) is 3.89. The molecule has 4 aromatic rings. The van der Waals surface area contributed by atoms with Crippen molar-refractivity contribution in [3.05, 3.63) is 63.3 Å². The molecule has 5 heterocycles. The minimum atomic E-state index is -2.32. The molecule has 2 unspecified atom stereocenters. The van der Waals surface area contributed by atoms with Crippen molar-refractivity contribution >= 4 is 69.5 Å². The van der Waals surface area contributed by atoms with Gasteiger partial charge in [0.05, 0.1) is 16.0 Å². The van der Waals surface area contributed by atoms with Crippen LogP contribution in [0.2, 0.25) is 6.04 Å². The Hall–Kier alpha value is -2.32. The van der Waals surface area contributed by atoms with Crippen molar-refractivity contribution in [2.24, 2.45) is 5.92 Å². The third-order valence-corrected chi connectivity index (χ3v) is 20.2. The Balaban J connectivity index is 1.27. The van der Waals surface area contributed by atoms with E-state index in [1.165, 1.54) is 113 Å². The van der Waals surface area contributed by atoms with Crippen molar-refractivity contribution in [2.45, 2.75) is 131 Å². The fraction of sp³-hybridized carbons (Fsp3) is 0.524. The summed E-state index contributed by atoms with van der Waals surface area (Å²) in [7, 11) is -2.32. The van der Waals surface area contributed by atoms with E-state index in [0.29, 0.717) is 23.6 Å². The highest BCUT2D eigenvalue weighted by Gasteiger charge is 2.51. The summed E-state index contributed by atoms with van der Waals surface area (Å²) in [4.78, 5) is 36.8. The van der Waals surface area contributed by atoms with Crippen molar-refractivity contribution in [3.63, 3.8) is 0 Å². The third-order valence-electron chi connectivity index (χ3n) is 11.1. The second-order valence-electron chi connectivity index (χ2n) is 14.5. The van der Waals surface area contributed by atoms with Gasteiger partial charge in [0.15, 0.2) is 8.07 Å². The van der Waals surface area contributed by atoms with E-state index in [1.54, 1.807) is 21.4 Å². The Bertz CT molecular complexity index is 1750. The number of imide groups is 1. The Labute approximate surface area is 308 Å². The van der Waals surface area contributed by atoms with Crippen molar-refractivity contribution in [1.82, 2.24) is 4.90 Å². The first-order valence-corrected chi connectivity index (χ1v) is 23.8. The molecule has 1 aromatic carbocycles. The molecule has 0 bridgehead atoms. The SMILES string of the molecule is CCCCCCCCCCCCN1C(=O)c2c(C)sc(-c3cc4c(s3)-c3sc(C)cc3[Si]4(CC(CC)CCCC)c3ccccc3)c2C1=O. The van der Waals surface area contributed by atoms with Gasteiger partial charge in [0, 0.05) is 30.9 Å². The highest BCUT2D eigenvalue weighted by Crippen LogP contribution is 2.48. The molecule has 2 atom stereocenters. The standard InChI is InChI=1S/C42H55NO2S3Si/c1-6-9-11-12-13-14-15-16-17-21-25-43-41(44)36-30(5)47-38(37(36)42(43)45)33-27-35-40(48-33)39-34(26-29(4)46-39)49(35,32-23-19-18-20-24-32)28-31(8-3)22-10-7-2/h18-20,23-24,26-27,31H,6-17,21-22,25,28H2,1-5H3. The lowest BCUT2D eigenvalue weighted by Crippen LogP contribution is -2.65. The smallest absolute Gasteiger partial charge is 0.263 e. The molecule has 0 spiro atoms. The van der Waals surface area contributed by atoms with Crippen molar-refractivity contribution in [1.29, 1.82) is 0 Å². The van der Waals surface area contributed by atoms with Crippen LogP contribution in [0.25, 0.3) is 19.5 Å². The van der Waals surface area contributed by atoms with E-state index < -0.39 is 8.07 Å². The zero-order chi connectivity index (χ0) is 34.5. The van der Waals surface area contributed by atoms with Gasteiger partial charge in [-0.05, 0) is 59.9 Å². The molecule has 49 heavy (non-hydrogen) atoms. The quantitative estimate of drug-likeness (QED) is 0.0547. The van der Waals surface area contributed by atoms with Gasteiger partial charge in [-0.3, -0.25) is 14.5 Å². The Morgan fingerprint density at radius 2 is 1.29 bits per heavy atom. The van der Waals surface area contributed by atoms with E-state index in [9.17, 15) is 9.59 Å². The van der Waals surface area contributed by atoms with Gasteiger partial charge in [0.1, 0.15) is 0 Å². The fourth-order valence-electron chi connectivity index (χ4n) is 8.38. The van der Waals surface area contributed by atoms with E-state index in [2.05, 4.69) is 70.2 Å². The average molecular weight is 730 g/mol. The second kappa shape index (κ2) is 16.3. The number of hydrogen-bond acceptors (Lipinski definition) is 5. The van der Waals surface area contributed by atoms with Crippen LogP contribution in [0.1, 0.15) is 141 Å². The molecule has 2 amide bonds. The van der Waals surface area contributed by atoms with Crippen LogP contribution in [0.15, 0.2) is 42.5 Å². The molecule has 0 N–H and O–H groups in total. The second-order valence-corrected chi connectivity index (χ2v) is 21.9. The van der Waals surface area contributed by atoms with Crippen LogP contribution in [-0.4, -0.2) is 31.3 Å². The number of fused-ring (bicyclic) bond motifs is 4. The van der Waals surface area contributed by atoms with E-state index >= 15 is 0 Å². The Morgan fingerprint density at radius 1 is 0.673 bits per heavy atom. The Kier molecular flexibility index (Phi) is 12.2. The molecule has 0 fully saturated rings. The first kappa shape index (κ1) is 36.5. The normalized spacial score (nSPS) is 17.2. The number of nitrogens with zero attached hydrogens (tertiary/aromatic N) is 1. The summed E-state index contributed by atoms with van der Waals surface area (Å²) in [5.74, 6) is 0.528. The largest absolute Gasteiger partial charge is 0.274 e. The van der Waals surface area contributed by atoms with E-state index in [1.807, 2.05) is 29.6 Å². The lowest BCUT2D eigenvalue weighted by molar-refractivity contribution is 0.0651. The molecule has 3 nitrogen and oxygen atoms in total. The monoisotopic (exact) mass is 729 g/mol. The van der Waals surface area contributed by atoms with Crippen molar-refractivity contribution in [2.75, 3.05) is 6.54 Å². The molecular weight excluding hydrogens is 675 g/mol. The molecule has 0 saturated heterocycles. The number of carbonyl (C=O) groups is 2. The molecular formula is C42H55NO2S3Si. The minimum absolute atomic E-state index is 0.0753. The predicted molar refractivity (Wildman–Crippen MR) is 217 cm³/mol. The summed E-state index contributed by atoms with van der Waals surface area (Å²) in [5.41, 5.74) is 1.33. The highest BCUT2D eigenvalue weighted by molar-refractivity contribution is 7.33. The van der Waals surface area contributed by atoms with Crippen LogP contribution >= 0.6 is 34.0 Å². The number of aryl methyl sites for hydroxylation is 2. The lowest BCUT2D eigenvalue weighted by atomic mass is 10.0. The molecule has 2 aliphatic rings. The third kappa shape index (κ3) is 7.11.